The molecule has 1 amide bonds. The van der Waals surface area contributed by atoms with Gasteiger partial charge in [0.25, 0.3) is 5.91 Å². The van der Waals surface area contributed by atoms with E-state index in [1.165, 1.54) is 47.8 Å². The fraction of sp³-hybridized carbons (Fsp3) is 0.190. The number of anilines is 1. The Labute approximate surface area is 185 Å². The second kappa shape index (κ2) is 10.2. The summed E-state index contributed by atoms with van der Waals surface area (Å²) >= 11 is 0.938. The Morgan fingerprint density at radius 2 is 1.81 bits per heavy atom. The highest BCUT2D eigenvalue weighted by molar-refractivity contribution is 7.89. The number of sulfonamides is 1. The molecule has 0 aliphatic heterocycles. The van der Waals surface area contributed by atoms with E-state index >= 15 is 0 Å². The molecule has 0 atom stereocenters. The largest absolute Gasteiger partial charge is 0.465 e. The fourth-order valence-corrected chi connectivity index (χ4v) is 5.14. The molecule has 0 radical (unpaired) electrons. The van der Waals surface area contributed by atoms with Crippen LogP contribution in [0, 0.1) is 18.3 Å². The number of methoxy groups -OCH3 is 1. The zero-order valence-corrected chi connectivity index (χ0v) is 18.7. The van der Waals surface area contributed by atoms with Crippen molar-refractivity contribution in [2.75, 3.05) is 25.5 Å². The third kappa shape index (κ3) is 5.08. The summed E-state index contributed by atoms with van der Waals surface area (Å²) in [6.45, 7) is 8.95. The average molecular weight is 460 g/mol. The lowest BCUT2D eigenvalue weighted by molar-refractivity contribution is 0.0605. The number of ether oxygens (including phenoxy) is 1. The molecule has 1 aromatic carbocycles. The maximum absolute atomic E-state index is 12.8. The Morgan fingerprint density at radius 3 is 2.29 bits per heavy atom. The standard InChI is InChI=1S/C21H21N3O5S2/c1-5-11-24(12-6-2)31(27,28)16-9-7-15(8-10-16)19(25)23-20-17(13-22)14(3)18(30-20)21(26)29-4/h5-10H,1-2,11-12H2,3-4H3,(H,23,25). The van der Waals surface area contributed by atoms with Crippen molar-refractivity contribution in [2.45, 2.75) is 11.8 Å². The first-order chi connectivity index (χ1) is 14.7. The van der Waals surface area contributed by atoms with Crippen LogP contribution >= 0.6 is 11.3 Å². The van der Waals surface area contributed by atoms with Gasteiger partial charge < -0.3 is 10.1 Å². The lowest BCUT2D eigenvalue weighted by Crippen LogP contribution is -2.31. The fourth-order valence-electron chi connectivity index (χ4n) is 2.68. The second-order valence-corrected chi connectivity index (χ2v) is 9.20. The predicted octanol–water partition coefficient (Wildman–Crippen LogP) is 3.33. The van der Waals surface area contributed by atoms with Crippen molar-refractivity contribution in [3.63, 3.8) is 0 Å². The first-order valence-electron chi connectivity index (χ1n) is 8.96. The van der Waals surface area contributed by atoms with Crippen molar-refractivity contribution >= 4 is 38.2 Å². The first kappa shape index (κ1) is 24.0. The minimum Gasteiger partial charge on any atom is -0.465 e. The molecular formula is C21H21N3O5S2. The number of nitrogens with one attached hydrogen (secondary N) is 1. The Balaban J connectivity index is 2.29. The zero-order valence-electron chi connectivity index (χ0n) is 17.0. The molecule has 1 heterocycles. The topological polar surface area (TPSA) is 117 Å². The SMILES string of the molecule is C=CCN(CC=C)S(=O)(=O)c1ccc(C(=O)Nc2sc(C(=O)OC)c(C)c2C#N)cc1. The van der Waals surface area contributed by atoms with Crippen molar-refractivity contribution in [1.82, 2.24) is 4.31 Å². The highest BCUT2D eigenvalue weighted by atomic mass is 32.2. The van der Waals surface area contributed by atoms with Gasteiger partial charge in [0.2, 0.25) is 10.0 Å². The van der Waals surface area contributed by atoms with E-state index in [0.29, 0.717) is 5.56 Å². The average Bonchev–Trinajstić information content (AvgIpc) is 3.07. The number of benzene rings is 1. The van der Waals surface area contributed by atoms with Crippen molar-refractivity contribution in [2.24, 2.45) is 0 Å². The van der Waals surface area contributed by atoms with Crippen LogP contribution in [-0.4, -0.2) is 44.8 Å². The van der Waals surface area contributed by atoms with E-state index in [1.807, 2.05) is 6.07 Å². The van der Waals surface area contributed by atoms with Crippen LogP contribution < -0.4 is 5.32 Å². The van der Waals surface area contributed by atoms with Crippen LogP contribution in [0.1, 0.15) is 31.2 Å². The molecule has 8 nitrogen and oxygen atoms in total. The van der Waals surface area contributed by atoms with Crippen molar-refractivity contribution in [1.29, 1.82) is 5.26 Å². The molecule has 1 N–H and O–H groups in total. The Morgan fingerprint density at radius 1 is 1.23 bits per heavy atom. The predicted molar refractivity (Wildman–Crippen MR) is 119 cm³/mol. The number of nitriles is 1. The van der Waals surface area contributed by atoms with Gasteiger partial charge in [-0.25, -0.2) is 13.2 Å². The van der Waals surface area contributed by atoms with Crippen molar-refractivity contribution in [3.05, 3.63) is 71.1 Å². The van der Waals surface area contributed by atoms with Gasteiger partial charge in [-0.15, -0.1) is 24.5 Å². The smallest absolute Gasteiger partial charge is 0.348 e. The van der Waals surface area contributed by atoms with E-state index < -0.39 is 21.9 Å². The van der Waals surface area contributed by atoms with Gasteiger partial charge in [0.15, 0.2) is 0 Å². The number of amides is 1. The minimum absolute atomic E-state index is 0.0189. The van der Waals surface area contributed by atoms with Gasteiger partial charge in [-0.3, -0.25) is 4.79 Å². The molecule has 10 heteroatoms. The Bertz CT molecular complexity index is 1150. The maximum Gasteiger partial charge on any atom is 0.348 e. The Kier molecular flexibility index (Phi) is 7.88. The van der Waals surface area contributed by atoms with Crippen molar-refractivity contribution in [3.8, 4) is 6.07 Å². The van der Waals surface area contributed by atoms with Gasteiger partial charge in [-0.2, -0.15) is 9.57 Å². The van der Waals surface area contributed by atoms with Crippen LogP contribution in [0.25, 0.3) is 0 Å². The maximum atomic E-state index is 12.8. The van der Waals surface area contributed by atoms with E-state index in [1.54, 1.807) is 6.92 Å². The lowest BCUT2D eigenvalue weighted by Gasteiger charge is -2.19. The van der Waals surface area contributed by atoms with Crippen LogP contribution in [0.15, 0.2) is 54.5 Å². The third-order valence-electron chi connectivity index (χ3n) is 4.28. The number of carbonyl (C=O) groups is 2. The van der Waals surface area contributed by atoms with E-state index in [0.717, 1.165) is 11.3 Å². The van der Waals surface area contributed by atoms with E-state index in [4.69, 9.17) is 4.74 Å². The quantitative estimate of drug-likeness (QED) is 0.454. The minimum atomic E-state index is -3.79. The first-order valence-corrected chi connectivity index (χ1v) is 11.2. The molecule has 31 heavy (non-hydrogen) atoms. The van der Waals surface area contributed by atoms with Crippen LogP contribution in [0.2, 0.25) is 0 Å². The lowest BCUT2D eigenvalue weighted by atomic mass is 10.1. The summed E-state index contributed by atoms with van der Waals surface area (Å²) in [6, 6.07) is 7.37. The van der Waals surface area contributed by atoms with Crippen LogP contribution in [0.3, 0.4) is 0 Å². The number of hydrogen-bond donors (Lipinski definition) is 1. The summed E-state index contributed by atoms with van der Waals surface area (Å²) in [7, 11) is -2.56. The number of nitrogens with zero attached hydrogens (tertiary/aromatic N) is 2. The normalized spacial score (nSPS) is 10.9. The third-order valence-corrected chi connectivity index (χ3v) is 7.31. The number of hydrogen-bond acceptors (Lipinski definition) is 7. The molecule has 0 aliphatic rings. The van der Waals surface area contributed by atoms with Gasteiger partial charge in [0.1, 0.15) is 15.9 Å². The molecule has 2 aromatic rings. The van der Waals surface area contributed by atoms with Crippen LogP contribution in [0.4, 0.5) is 5.00 Å². The number of carbonyl (C=O) groups excluding carboxylic acids is 2. The van der Waals surface area contributed by atoms with Gasteiger partial charge in [0.05, 0.1) is 17.6 Å². The second-order valence-electron chi connectivity index (χ2n) is 6.24. The van der Waals surface area contributed by atoms with Crippen LogP contribution in [-0.2, 0) is 14.8 Å². The van der Waals surface area contributed by atoms with Gasteiger partial charge >= 0.3 is 5.97 Å². The molecule has 0 unspecified atom stereocenters. The zero-order chi connectivity index (χ0) is 23.2. The van der Waals surface area contributed by atoms with Crippen LogP contribution in [0.5, 0.6) is 0 Å². The summed E-state index contributed by atoms with van der Waals surface area (Å²) in [5, 5.41) is 12.2. The molecule has 1 aromatic heterocycles. The number of rotatable bonds is 9. The molecule has 162 valence electrons. The van der Waals surface area contributed by atoms with E-state index in [9.17, 15) is 23.3 Å². The molecule has 0 saturated carbocycles. The molecule has 0 aliphatic carbocycles. The summed E-state index contributed by atoms with van der Waals surface area (Å²) in [4.78, 5) is 24.7. The highest BCUT2D eigenvalue weighted by Gasteiger charge is 2.24. The summed E-state index contributed by atoms with van der Waals surface area (Å²) < 4.78 is 31.4. The molecular weight excluding hydrogens is 438 g/mol. The van der Waals surface area contributed by atoms with E-state index in [-0.39, 0.29) is 39.0 Å². The molecule has 2 rings (SSSR count). The summed E-state index contributed by atoms with van der Waals surface area (Å²) in [5.74, 6) is -1.15. The summed E-state index contributed by atoms with van der Waals surface area (Å²) in [5.41, 5.74) is 0.774. The molecule has 0 fully saturated rings. The van der Waals surface area contributed by atoms with E-state index in [2.05, 4.69) is 18.5 Å². The van der Waals surface area contributed by atoms with Gasteiger partial charge in [-0.1, -0.05) is 12.2 Å². The molecule has 0 spiro atoms. The molecule has 0 saturated heterocycles. The number of esters is 1. The van der Waals surface area contributed by atoms with Gasteiger partial charge in [0, 0.05) is 18.7 Å². The number of thiophene rings is 1. The monoisotopic (exact) mass is 459 g/mol. The molecule has 0 bridgehead atoms. The Hall–Kier alpha value is -3.26. The van der Waals surface area contributed by atoms with Crippen molar-refractivity contribution < 1.29 is 22.7 Å². The highest BCUT2D eigenvalue weighted by Crippen LogP contribution is 2.33. The summed E-state index contributed by atoms with van der Waals surface area (Å²) in [6.07, 6.45) is 2.95. The van der Waals surface area contributed by atoms with Gasteiger partial charge in [-0.05, 0) is 36.8 Å².